The fourth-order valence-corrected chi connectivity index (χ4v) is 2.17. The minimum atomic E-state index is -4.06. The van der Waals surface area contributed by atoms with E-state index in [4.69, 9.17) is 0 Å². The maximum absolute atomic E-state index is 12.6. The first kappa shape index (κ1) is 12.2. The maximum atomic E-state index is 12.6. The Hall–Kier alpha value is -0.290. The first-order chi connectivity index (χ1) is 7.55. The second-order valence-electron chi connectivity index (χ2n) is 4.98. The number of halogens is 3. The van der Waals surface area contributed by atoms with Crippen molar-refractivity contribution in [1.29, 1.82) is 0 Å². The Morgan fingerprint density at radius 3 is 2.62 bits per heavy atom. The van der Waals surface area contributed by atoms with E-state index in [9.17, 15) is 13.2 Å². The van der Waals surface area contributed by atoms with Gasteiger partial charge in [-0.3, -0.25) is 0 Å². The van der Waals surface area contributed by atoms with Crippen LogP contribution in [0.3, 0.4) is 0 Å². The van der Waals surface area contributed by atoms with E-state index < -0.39 is 12.1 Å². The van der Waals surface area contributed by atoms with Gasteiger partial charge in [-0.15, -0.1) is 0 Å². The van der Waals surface area contributed by atoms with Crippen LogP contribution in [0.4, 0.5) is 13.2 Å². The largest absolute Gasteiger partial charge is 0.394 e. The summed E-state index contributed by atoms with van der Waals surface area (Å²) in [6, 6.07) is 0. The molecule has 1 saturated carbocycles. The lowest BCUT2D eigenvalue weighted by Crippen LogP contribution is -2.38. The molecule has 5 heteroatoms. The average Bonchev–Trinajstić information content (AvgIpc) is 3.01. The molecule has 1 heterocycles. The smallest absolute Gasteiger partial charge is 0.315 e. The molecule has 1 aliphatic carbocycles. The van der Waals surface area contributed by atoms with E-state index >= 15 is 0 Å². The lowest BCUT2D eigenvalue weighted by molar-refractivity contribution is -0.175. The highest BCUT2D eigenvalue weighted by Crippen LogP contribution is 2.33. The molecular formula is C11H19F3N2. The van der Waals surface area contributed by atoms with Crippen LogP contribution in [0.25, 0.3) is 0 Å². The first-order valence-electron chi connectivity index (χ1n) is 6.05. The van der Waals surface area contributed by atoms with Gasteiger partial charge < -0.3 is 10.2 Å². The molecule has 16 heavy (non-hydrogen) atoms. The molecule has 0 bridgehead atoms. The number of nitrogens with one attached hydrogen (secondary N) is 1. The van der Waals surface area contributed by atoms with Crippen molar-refractivity contribution in [3.05, 3.63) is 0 Å². The normalized spacial score (nSPS) is 29.1. The fourth-order valence-electron chi connectivity index (χ4n) is 2.17. The van der Waals surface area contributed by atoms with Crippen LogP contribution in [0.2, 0.25) is 0 Å². The third-order valence-electron chi connectivity index (χ3n) is 3.49. The van der Waals surface area contributed by atoms with Crippen molar-refractivity contribution in [3.63, 3.8) is 0 Å². The fraction of sp³-hybridized carbons (Fsp3) is 1.00. The minimum absolute atomic E-state index is 0.0728. The third kappa shape index (κ3) is 3.63. The van der Waals surface area contributed by atoms with Gasteiger partial charge >= 0.3 is 6.18 Å². The second kappa shape index (κ2) is 4.92. The van der Waals surface area contributed by atoms with Crippen LogP contribution >= 0.6 is 0 Å². The molecule has 2 rings (SSSR count). The van der Waals surface area contributed by atoms with Crippen molar-refractivity contribution in [2.24, 2.45) is 11.8 Å². The Bertz CT molecular complexity index is 226. The molecular weight excluding hydrogens is 217 g/mol. The Kier molecular flexibility index (Phi) is 3.74. The monoisotopic (exact) mass is 236 g/mol. The number of rotatable bonds is 3. The molecule has 0 aromatic heterocycles. The molecule has 1 unspecified atom stereocenters. The van der Waals surface area contributed by atoms with Gasteiger partial charge in [-0.05, 0) is 18.9 Å². The summed E-state index contributed by atoms with van der Waals surface area (Å²) in [7, 11) is 0. The highest BCUT2D eigenvalue weighted by atomic mass is 19.4. The number of nitrogens with zero attached hydrogens (tertiary/aromatic N) is 1. The van der Waals surface area contributed by atoms with E-state index in [1.807, 2.05) is 4.90 Å². The molecule has 1 aliphatic heterocycles. The zero-order valence-electron chi connectivity index (χ0n) is 9.39. The van der Waals surface area contributed by atoms with Gasteiger partial charge in [-0.1, -0.05) is 12.8 Å². The average molecular weight is 236 g/mol. The Labute approximate surface area is 94.2 Å². The number of alkyl halides is 3. The Morgan fingerprint density at radius 1 is 1.25 bits per heavy atom. The highest BCUT2D eigenvalue weighted by Gasteiger charge is 2.41. The summed E-state index contributed by atoms with van der Waals surface area (Å²) in [4.78, 5) is 1.97. The molecule has 0 radical (unpaired) electrons. The maximum Gasteiger partial charge on any atom is 0.394 e. The molecule has 1 N–H and O–H groups in total. The topological polar surface area (TPSA) is 15.3 Å². The van der Waals surface area contributed by atoms with E-state index in [-0.39, 0.29) is 13.1 Å². The van der Waals surface area contributed by atoms with Crippen molar-refractivity contribution in [1.82, 2.24) is 10.2 Å². The van der Waals surface area contributed by atoms with Crippen LogP contribution in [0.5, 0.6) is 0 Å². The van der Waals surface area contributed by atoms with Gasteiger partial charge in [-0.2, -0.15) is 13.2 Å². The van der Waals surface area contributed by atoms with Gasteiger partial charge in [0.05, 0.1) is 5.92 Å². The molecule has 0 spiro atoms. The summed E-state index contributed by atoms with van der Waals surface area (Å²) in [6.07, 6.45) is -0.441. The summed E-state index contributed by atoms with van der Waals surface area (Å²) in [5, 5.41) is 2.88. The molecule has 2 nitrogen and oxygen atoms in total. The van der Waals surface area contributed by atoms with Crippen molar-refractivity contribution in [2.75, 3.05) is 32.7 Å². The molecule has 2 aliphatic rings. The van der Waals surface area contributed by atoms with Crippen molar-refractivity contribution in [3.8, 4) is 0 Å². The lowest BCUT2D eigenvalue weighted by atomic mass is 10.1. The number of hydrogen-bond acceptors (Lipinski definition) is 2. The van der Waals surface area contributed by atoms with Crippen molar-refractivity contribution >= 4 is 0 Å². The van der Waals surface area contributed by atoms with Crippen LogP contribution in [0.15, 0.2) is 0 Å². The van der Waals surface area contributed by atoms with Gasteiger partial charge in [0.15, 0.2) is 0 Å². The highest BCUT2D eigenvalue weighted by molar-refractivity contribution is 4.80. The summed E-state index contributed by atoms with van der Waals surface area (Å²) in [6.45, 7) is 2.50. The molecule has 1 atom stereocenters. The lowest BCUT2D eigenvalue weighted by Gasteiger charge is -2.25. The SMILES string of the molecule is FC(F)(F)C1CNCCN(CCC2CC2)C1. The number of hydrogen-bond donors (Lipinski definition) is 1. The zero-order valence-corrected chi connectivity index (χ0v) is 9.39. The van der Waals surface area contributed by atoms with Crippen LogP contribution in [0, 0.1) is 11.8 Å². The quantitative estimate of drug-likeness (QED) is 0.804. The van der Waals surface area contributed by atoms with Gasteiger partial charge in [0.1, 0.15) is 0 Å². The summed E-state index contributed by atoms with van der Waals surface area (Å²) < 4.78 is 37.9. The van der Waals surface area contributed by atoms with Crippen LogP contribution in [-0.2, 0) is 0 Å². The second-order valence-corrected chi connectivity index (χ2v) is 4.98. The summed E-state index contributed by atoms with van der Waals surface area (Å²) in [5.74, 6) is -0.408. The van der Waals surface area contributed by atoms with E-state index in [0.717, 1.165) is 25.4 Å². The van der Waals surface area contributed by atoms with Gasteiger partial charge in [0.25, 0.3) is 0 Å². The zero-order chi connectivity index (χ0) is 11.6. The Balaban J connectivity index is 1.81. The van der Waals surface area contributed by atoms with Crippen molar-refractivity contribution < 1.29 is 13.2 Å². The molecule has 0 aromatic carbocycles. The van der Waals surface area contributed by atoms with Crippen molar-refractivity contribution in [2.45, 2.75) is 25.4 Å². The molecule has 1 saturated heterocycles. The third-order valence-corrected chi connectivity index (χ3v) is 3.49. The predicted octanol–water partition coefficient (Wildman–Crippen LogP) is 1.87. The summed E-state index contributed by atoms with van der Waals surface area (Å²) in [5.41, 5.74) is 0. The van der Waals surface area contributed by atoms with E-state index in [1.54, 1.807) is 0 Å². The standard InChI is InChI=1S/C11H19F3N2/c12-11(13,14)10-7-15-4-6-16(8-10)5-3-9-1-2-9/h9-10,15H,1-8H2. The van der Waals surface area contributed by atoms with Gasteiger partial charge in [0, 0.05) is 26.2 Å². The van der Waals surface area contributed by atoms with Gasteiger partial charge in [-0.25, -0.2) is 0 Å². The van der Waals surface area contributed by atoms with E-state index in [0.29, 0.717) is 6.54 Å². The van der Waals surface area contributed by atoms with Crippen LogP contribution < -0.4 is 5.32 Å². The molecule has 0 amide bonds. The molecule has 0 aromatic rings. The molecule has 94 valence electrons. The van der Waals surface area contributed by atoms with E-state index in [1.165, 1.54) is 12.8 Å². The minimum Gasteiger partial charge on any atom is -0.315 e. The Morgan fingerprint density at radius 2 is 2.00 bits per heavy atom. The first-order valence-corrected chi connectivity index (χ1v) is 6.05. The predicted molar refractivity (Wildman–Crippen MR) is 56.2 cm³/mol. The summed E-state index contributed by atoms with van der Waals surface area (Å²) >= 11 is 0. The molecule has 2 fully saturated rings. The van der Waals surface area contributed by atoms with Gasteiger partial charge in [0.2, 0.25) is 0 Å². The van der Waals surface area contributed by atoms with E-state index in [2.05, 4.69) is 5.32 Å². The van der Waals surface area contributed by atoms with Crippen LogP contribution in [-0.4, -0.2) is 43.8 Å². The van der Waals surface area contributed by atoms with Crippen LogP contribution in [0.1, 0.15) is 19.3 Å².